The summed E-state index contributed by atoms with van der Waals surface area (Å²) in [6.07, 6.45) is 5.05. The Morgan fingerprint density at radius 2 is 1.82 bits per heavy atom. The maximum absolute atomic E-state index is 12.6. The first kappa shape index (κ1) is 20.8. The van der Waals surface area contributed by atoms with Gasteiger partial charge in [-0.25, -0.2) is 4.79 Å². The van der Waals surface area contributed by atoms with Crippen molar-refractivity contribution in [1.82, 2.24) is 5.32 Å². The second-order valence-corrected chi connectivity index (χ2v) is 9.49. The van der Waals surface area contributed by atoms with Crippen molar-refractivity contribution in [3.8, 4) is 0 Å². The third-order valence-electron chi connectivity index (χ3n) is 6.16. The third kappa shape index (κ3) is 4.74. The normalized spacial score (nSPS) is 24.5. The molecule has 154 valence electrons. The molecule has 0 bridgehead atoms. The Hall–Kier alpha value is -1.89. The van der Waals surface area contributed by atoms with Crippen LogP contribution in [0.5, 0.6) is 0 Å². The van der Waals surface area contributed by atoms with Gasteiger partial charge in [0.1, 0.15) is 5.00 Å². The van der Waals surface area contributed by atoms with E-state index in [1.165, 1.54) is 17.8 Å². The van der Waals surface area contributed by atoms with Crippen LogP contribution in [0.25, 0.3) is 0 Å². The van der Waals surface area contributed by atoms with Gasteiger partial charge in [-0.05, 0) is 50.5 Å². The lowest BCUT2D eigenvalue weighted by Gasteiger charge is -2.34. The molecule has 28 heavy (non-hydrogen) atoms. The van der Waals surface area contributed by atoms with E-state index in [2.05, 4.69) is 24.5 Å². The molecule has 0 radical (unpaired) electrons. The van der Waals surface area contributed by atoms with Crippen molar-refractivity contribution in [1.29, 1.82) is 0 Å². The van der Waals surface area contributed by atoms with Crippen LogP contribution in [0.4, 0.5) is 5.00 Å². The number of aryl methyl sites for hydroxylation is 1. The zero-order chi connectivity index (χ0) is 20.4. The molecule has 6 nitrogen and oxygen atoms in total. The minimum absolute atomic E-state index is 0.0477. The van der Waals surface area contributed by atoms with Gasteiger partial charge < -0.3 is 15.4 Å². The van der Waals surface area contributed by atoms with E-state index >= 15 is 0 Å². The fourth-order valence-electron chi connectivity index (χ4n) is 3.76. The second-order valence-electron chi connectivity index (χ2n) is 8.27. The molecule has 2 N–H and O–H groups in total. The van der Waals surface area contributed by atoms with Gasteiger partial charge in [0.05, 0.1) is 5.56 Å². The Kier molecular flexibility index (Phi) is 6.43. The molecule has 2 aliphatic rings. The third-order valence-corrected chi connectivity index (χ3v) is 7.28. The highest BCUT2D eigenvalue weighted by atomic mass is 32.1. The summed E-state index contributed by atoms with van der Waals surface area (Å²) in [4.78, 5) is 38.0. The van der Waals surface area contributed by atoms with E-state index in [0.717, 1.165) is 36.1 Å². The van der Waals surface area contributed by atoms with Crippen molar-refractivity contribution in [2.45, 2.75) is 65.8 Å². The van der Waals surface area contributed by atoms with E-state index in [1.54, 1.807) is 0 Å². The fraction of sp³-hybridized carbons (Fsp3) is 0.667. The van der Waals surface area contributed by atoms with Crippen molar-refractivity contribution in [3.05, 3.63) is 16.0 Å². The summed E-state index contributed by atoms with van der Waals surface area (Å²) in [6, 6.07) is 0.133. The number of carbonyl (C=O) groups excluding carboxylic acids is 3. The van der Waals surface area contributed by atoms with Crippen LogP contribution in [-0.4, -0.2) is 30.4 Å². The van der Waals surface area contributed by atoms with Gasteiger partial charge in [-0.15, -0.1) is 11.3 Å². The van der Waals surface area contributed by atoms with Crippen LogP contribution in [0.1, 0.15) is 66.8 Å². The summed E-state index contributed by atoms with van der Waals surface area (Å²) in [6.45, 7) is 7.80. The van der Waals surface area contributed by atoms with Gasteiger partial charge in [-0.1, -0.05) is 26.7 Å². The van der Waals surface area contributed by atoms with E-state index in [1.807, 2.05) is 13.8 Å². The minimum atomic E-state index is -0.562. The van der Waals surface area contributed by atoms with Gasteiger partial charge in [0.25, 0.3) is 5.91 Å². The molecule has 1 heterocycles. The number of hydrogen-bond acceptors (Lipinski definition) is 5. The topological polar surface area (TPSA) is 84.5 Å². The average Bonchev–Trinajstić information content (AvgIpc) is 3.45. The molecule has 2 fully saturated rings. The summed E-state index contributed by atoms with van der Waals surface area (Å²) in [5.74, 6) is 0.168. The number of thiophene rings is 1. The summed E-state index contributed by atoms with van der Waals surface area (Å²) in [5.41, 5.74) is 1.15. The molecule has 1 aromatic heterocycles. The van der Waals surface area contributed by atoms with Crippen LogP contribution in [0.15, 0.2) is 0 Å². The monoisotopic (exact) mass is 406 g/mol. The van der Waals surface area contributed by atoms with Gasteiger partial charge >= 0.3 is 5.97 Å². The molecule has 0 aromatic carbocycles. The standard InChI is InChI=1S/C21H30N2O4S/c1-11-6-5-7-16(12(11)2)22-17(24)10-27-21(26)18-13(3)14(4)28-20(18)23-19(25)15-8-9-15/h11-12,15-16H,5-10H2,1-4H3,(H,22,24)(H,23,25)/t11-,12+,16+/m1/s1. The summed E-state index contributed by atoms with van der Waals surface area (Å²) in [7, 11) is 0. The fourth-order valence-corrected chi connectivity index (χ4v) is 4.81. The Bertz CT molecular complexity index is 769. The molecular weight excluding hydrogens is 376 g/mol. The smallest absolute Gasteiger partial charge is 0.341 e. The van der Waals surface area contributed by atoms with Gasteiger partial charge in [0.15, 0.2) is 6.61 Å². The molecule has 0 unspecified atom stereocenters. The van der Waals surface area contributed by atoms with Crippen LogP contribution in [0, 0.1) is 31.6 Å². The number of carbonyl (C=O) groups is 3. The van der Waals surface area contributed by atoms with E-state index in [0.29, 0.717) is 22.4 Å². The quantitative estimate of drug-likeness (QED) is 0.704. The number of ether oxygens (including phenoxy) is 1. The second kappa shape index (κ2) is 8.64. The Morgan fingerprint density at radius 1 is 1.11 bits per heavy atom. The maximum atomic E-state index is 12.6. The summed E-state index contributed by atoms with van der Waals surface area (Å²) < 4.78 is 5.29. The Morgan fingerprint density at radius 3 is 2.50 bits per heavy atom. The number of anilines is 1. The van der Waals surface area contributed by atoms with Crippen LogP contribution in [-0.2, 0) is 14.3 Å². The van der Waals surface area contributed by atoms with Gasteiger partial charge in [0, 0.05) is 16.8 Å². The lowest BCUT2D eigenvalue weighted by atomic mass is 9.78. The first-order valence-electron chi connectivity index (χ1n) is 10.1. The number of nitrogens with one attached hydrogen (secondary N) is 2. The minimum Gasteiger partial charge on any atom is -0.452 e. The molecule has 0 aliphatic heterocycles. The van der Waals surface area contributed by atoms with Crippen molar-refractivity contribution in [2.75, 3.05) is 11.9 Å². The van der Waals surface area contributed by atoms with Gasteiger partial charge in [0.2, 0.25) is 5.91 Å². The Balaban J connectivity index is 1.58. The van der Waals surface area contributed by atoms with Gasteiger partial charge in [-0.2, -0.15) is 0 Å². The van der Waals surface area contributed by atoms with Crippen LogP contribution >= 0.6 is 11.3 Å². The molecule has 0 spiro atoms. The molecule has 3 rings (SSSR count). The van der Waals surface area contributed by atoms with Crippen LogP contribution in [0.3, 0.4) is 0 Å². The van der Waals surface area contributed by atoms with Crippen molar-refractivity contribution >= 4 is 34.1 Å². The summed E-state index contributed by atoms with van der Waals surface area (Å²) >= 11 is 1.37. The molecule has 3 atom stereocenters. The molecule has 7 heteroatoms. The highest BCUT2D eigenvalue weighted by Gasteiger charge is 2.32. The lowest BCUT2D eigenvalue weighted by molar-refractivity contribution is -0.125. The van der Waals surface area contributed by atoms with Crippen molar-refractivity contribution in [2.24, 2.45) is 17.8 Å². The number of rotatable bonds is 6. The highest BCUT2D eigenvalue weighted by molar-refractivity contribution is 7.16. The zero-order valence-corrected chi connectivity index (χ0v) is 17.9. The number of amides is 2. The molecule has 1 aromatic rings. The first-order chi connectivity index (χ1) is 13.3. The Labute approximate surface area is 170 Å². The number of hydrogen-bond donors (Lipinski definition) is 2. The van der Waals surface area contributed by atoms with E-state index in [-0.39, 0.29) is 30.4 Å². The van der Waals surface area contributed by atoms with E-state index in [9.17, 15) is 14.4 Å². The summed E-state index contributed by atoms with van der Waals surface area (Å²) in [5, 5.41) is 6.39. The van der Waals surface area contributed by atoms with Crippen LogP contribution < -0.4 is 10.6 Å². The molecule has 0 saturated heterocycles. The molecule has 2 aliphatic carbocycles. The average molecular weight is 407 g/mol. The predicted molar refractivity (Wildman–Crippen MR) is 110 cm³/mol. The van der Waals surface area contributed by atoms with Crippen LogP contribution in [0.2, 0.25) is 0 Å². The van der Waals surface area contributed by atoms with E-state index < -0.39 is 5.97 Å². The zero-order valence-electron chi connectivity index (χ0n) is 17.1. The lowest BCUT2D eigenvalue weighted by Crippen LogP contribution is -2.45. The highest BCUT2D eigenvalue weighted by Crippen LogP contribution is 2.36. The molecule has 2 saturated carbocycles. The predicted octanol–water partition coefficient (Wildman–Crippen LogP) is 3.81. The van der Waals surface area contributed by atoms with Crippen molar-refractivity contribution < 1.29 is 19.1 Å². The maximum Gasteiger partial charge on any atom is 0.341 e. The molecular formula is C21H30N2O4S. The molecule has 2 amide bonds. The van der Waals surface area contributed by atoms with Crippen molar-refractivity contribution in [3.63, 3.8) is 0 Å². The largest absolute Gasteiger partial charge is 0.452 e. The first-order valence-corrected chi connectivity index (χ1v) is 11.0. The van der Waals surface area contributed by atoms with E-state index in [4.69, 9.17) is 4.74 Å². The SMILES string of the molecule is Cc1sc(NC(=O)C2CC2)c(C(=O)OCC(=O)N[C@H]2CCC[C@@H](C)[C@@H]2C)c1C. The van der Waals surface area contributed by atoms with Gasteiger partial charge in [-0.3, -0.25) is 9.59 Å². The number of esters is 1.